The molecule has 0 aromatic carbocycles. The van der Waals surface area contributed by atoms with Crippen molar-refractivity contribution in [2.75, 3.05) is 13.2 Å². The molecule has 0 unspecified atom stereocenters. The molecular formula is C8H12N4O. The Balaban J connectivity index is 2.36. The minimum Gasteiger partial charge on any atom is -0.394 e. The lowest BCUT2D eigenvalue weighted by Gasteiger charge is -1.94. The van der Waals surface area contributed by atoms with Gasteiger partial charge < -0.3 is 10.4 Å². The van der Waals surface area contributed by atoms with Crippen LogP contribution < -0.4 is 5.32 Å². The molecule has 0 radical (unpaired) electrons. The Morgan fingerprint density at radius 2 is 2.54 bits per heavy atom. The van der Waals surface area contributed by atoms with Crippen molar-refractivity contribution in [3.05, 3.63) is 11.9 Å². The predicted molar refractivity (Wildman–Crippen MR) is 47.6 cm³/mol. The Morgan fingerprint density at radius 1 is 1.69 bits per heavy atom. The van der Waals surface area contributed by atoms with Crippen molar-refractivity contribution in [3.8, 4) is 12.3 Å². The van der Waals surface area contributed by atoms with Crippen LogP contribution in [0.5, 0.6) is 0 Å². The fourth-order valence-electron chi connectivity index (χ4n) is 0.894. The number of nitrogens with one attached hydrogen (secondary N) is 1. The molecule has 0 saturated carbocycles. The number of hydrogen-bond donors (Lipinski definition) is 2. The third kappa shape index (κ3) is 3.23. The maximum atomic E-state index is 8.61. The first-order chi connectivity index (χ1) is 6.36. The van der Waals surface area contributed by atoms with Crippen LogP contribution in [0.25, 0.3) is 0 Å². The summed E-state index contributed by atoms with van der Waals surface area (Å²) >= 11 is 0. The molecule has 0 fully saturated rings. The SMILES string of the molecule is C#CCNCc1cn(CCO)nn1. The van der Waals surface area contributed by atoms with E-state index in [1.54, 1.807) is 10.9 Å². The van der Waals surface area contributed by atoms with E-state index in [0.717, 1.165) is 5.69 Å². The van der Waals surface area contributed by atoms with Crippen molar-refractivity contribution >= 4 is 0 Å². The van der Waals surface area contributed by atoms with Crippen molar-refractivity contribution in [2.24, 2.45) is 0 Å². The largest absolute Gasteiger partial charge is 0.394 e. The molecule has 0 bridgehead atoms. The number of aromatic nitrogens is 3. The molecule has 1 rings (SSSR count). The van der Waals surface area contributed by atoms with E-state index in [4.69, 9.17) is 11.5 Å². The maximum absolute atomic E-state index is 8.61. The van der Waals surface area contributed by atoms with Gasteiger partial charge >= 0.3 is 0 Å². The molecule has 13 heavy (non-hydrogen) atoms. The number of aliphatic hydroxyl groups excluding tert-OH is 1. The van der Waals surface area contributed by atoms with Gasteiger partial charge in [-0.15, -0.1) is 11.5 Å². The van der Waals surface area contributed by atoms with Crippen molar-refractivity contribution in [3.63, 3.8) is 0 Å². The minimum atomic E-state index is 0.0700. The molecule has 0 aliphatic rings. The van der Waals surface area contributed by atoms with Gasteiger partial charge in [-0.1, -0.05) is 11.1 Å². The summed E-state index contributed by atoms with van der Waals surface area (Å²) in [6.07, 6.45) is 6.84. The van der Waals surface area contributed by atoms with Gasteiger partial charge in [-0.25, -0.2) is 4.68 Å². The van der Waals surface area contributed by atoms with Gasteiger partial charge in [-0.05, 0) is 0 Å². The Hall–Kier alpha value is -1.38. The Kier molecular flexibility index (Phi) is 3.96. The van der Waals surface area contributed by atoms with E-state index in [2.05, 4.69) is 21.5 Å². The lowest BCUT2D eigenvalue weighted by molar-refractivity contribution is 0.268. The second kappa shape index (κ2) is 5.30. The van der Waals surface area contributed by atoms with Gasteiger partial charge in [0.15, 0.2) is 0 Å². The highest BCUT2D eigenvalue weighted by atomic mass is 16.3. The van der Waals surface area contributed by atoms with E-state index in [-0.39, 0.29) is 6.61 Å². The molecule has 0 aliphatic carbocycles. The summed E-state index contributed by atoms with van der Waals surface area (Å²) in [6, 6.07) is 0. The van der Waals surface area contributed by atoms with E-state index in [1.807, 2.05) is 0 Å². The van der Waals surface area contributed by atoms with Crippen molar-refractivity contribution in [1.82, 2.24) is 20.3 Å². The molecule has 1 aromatic heterocycles. The van der Waals surface area contributed by atoms with Crippen LogP contribution in [-0.2, 0) is 13.1 Å². The minimum absolute atomic E-state index is 0.0700. The second-order valence-electron chi connectivity index (χ2n) is 2.50. The number of rotatable bonds is 5. The summed E-state index contributed by atoms with van der Waals surface area (Å²) in [5.41, 5.74) is 0.823. The number of hydrogen-bond acceptors (Lipinski definition) is 4. The molecule has 1 aromatic rings. The van der Waals surface area contributed by atoms with Crippen LogP contribution in [0.15, 0.2) is 6.20 Å². The van der Waals surface area contributed by atoms with Crippen LogP contribution in [0.2, 0.25) is 0 Å². The number of nitrogens with zero attached hydrogens (tertiary/aromatic N) is 3. The van der Waals surface area contributed by atoms with E-state index >= 15 is 0 Å². The van der Waals surface area contributed by atoms with Crippen LogP contribution in [0, 0.1) is 12.3 Å². The van der Waals surface area contributed by atoms with E-state index in [1.165, 1.54) is 0 Å². The summed E-state index contributed by atoms with van der Waals surface area (Å²) in [5.74, 6) is 2.46. The Bertz CT molecular complexity index is 289. The topological polar surface area (TPSA) is 63.0 Å². The van der Waals surface area contributed by atoms with Crippen molar-refractivity contribution in [2.45, 2.75) is 13.1 Å². The highest BCUT2D eigenvalue weighted by Crippen LogP contribution is 1.91. The van der Waals surface area contributed by atoms with E-state index < -0.39 is 0 Å². The molecule has 0 atom stereocenters. The average Bonchev–Trinajstić information content (AvgIpc) is 2.54. The summed E-state index contributed by atoms with van der Waals surface area (Å²) in [5, 5.41) is 19.3. The monoisotopic (exact) mass is 180 g/mol. The quantitative estimate of drug-likeness (QED) is 0.450. The van der Waals surface area contributed by atoms with E-state index in [9.17, 15) is 0 Å². The van der Waals surface area contributed by atoms with Gasteiger partial charge in [0.2, 0.25) is 0 Å². The average molecular weight is 180 g/mol. The zero-order valence-corrected chi connectivity index (χ0v) is 7.27. The van der Waals surface area contributed by atoms with Crippen molar-refractivity contribution in [1.29, 1.82) is 0 Å². The zero-order chi connectivity index (χ0) is 9.52. The van der Waals surface area contributed by atoms with Crippen molar-refractivity contribution < 1.29 is 5.11 Å². The van der Waals surface area contributed by atoms with Gasteiger partial charge in [-0.3, -0.25) is 0 Å². The van der Waals surface area contributed by atoms with Gasteiger partial charge in [0.1, 0.15) is 0 Å². The van der Waals surface area contributed by atoms with Crippen LogP contribution >= 0.6 is 0 Å². The fourth-order valence-corrected chi connectivity index (χ4v) is 0.894. The van der Waals surface area contributed by atoms with Crippen LogP contribution in [0.1, 0.15) is 5.69 Å². The van der Waals surface area contributed by atoms with Gasteiger partial charge in [-0.2, -0.15) is 0 Å². The molecule has 2 N–H and O–H groups in total. The van der Waals surface area contributed by atoms with E-state index in [0.29, 0.717) is 19.6 Å². The summed E-state index contributed by atoms with van der Waals surface area (Å²) < 4.78 is 1.59. The fraction of sp³-hybridized carbons (Fsp3) is 0.500. The summed E-state index contributed by atoms with van der Waals surface area (Å²) in [7, 11) is 0. The predicted octanol–water partition coefficient (Wildman–Crippen LogP) is -1.01. The zero-order valence-electron chi connectivity index (χ0n) is 7.27. The Morgan fingerprint density at radius 3 is 3.23 bits per heavy atom. The third-order valence-electron chi connectivity index (χ3n) is 1.45. The Labute approximate surface area is 76.8 Å². The van der Waals surface area contributed by atoms with Gasteiger partial charge in [0.25, 0.3) is 0 Å². The second-order valence-corrected chi connectivity index (χ2v) is 2.50. The normalized spacial score (nSPS) is 9.85. The van der Waals surface area contributed by atoms with Crippen LogP contribution in [0.4, 0.5) is 0 Å². The van der Waals surface area contributed by atoms with Gasteiger partial charge in [0, 0.05) is 12.7 Å². The number of terminal acetylenes is 1. The smallest absolute Gasteiger partial charge is 0.0965 e. The maximum Gasteiger partial charge on any atom is 0.0965 e. The molecule has 0 spiro atoms. The van der Waals surface area contributed by atoms with Crippen LogP contribution in [0.3, 0.4) is 0 Å². The molecule has 0 saturated heterocycles. The molecule has 5 nitrogen and oxygen atoms in total. The summed E-state index contributed by atoms with van der Waals surface area (Å²) in [4.78, 5) is 0. The van der Waals surface area contributed by atoms with Gasteiger partial charge in [0.05, 0.1) is 25.4 Å². The molecule has 0 aliphatic heterocycles. The molecular weight excluding hydrogens is 168 g/mol. The molecule has 1 heterocycles. The molecule has 70 valence electrons. The number of aliphatic hydroxyl groups is 1. The lowest BCUT2D eigenvalue weighted by Crippen LogP contribution is -2.13. The first-order valence-electron chi connectivity index (χ1n) is 4.01. The standard InChI is InChI=1S/C8H12N4O/c1-2-3-9-6-8-7-12(4-5-13)11-10-8/h1,7,9,13H,3-6H2. The first kappa shape index (κ1) is 9.71. The first-order valence-corrected chi connectivity index (χ1v) is 4.01. The summed E-state index contributed by atoms with van der Waals surface area (Å²) in [6.45, 7) is 1.67. The highest BCUT2D eigenvalue weighted by molar-refractivity contribution is 4.94. The third-order valence-corrected chi connectivity index (χ3v) is 1.45. The lowest BCUT2D eigenvalue weighted by atomic mass is 10.4. The molecule has 5 heteroatoms. The van der Waals surface area contributed by atoms with Crippen LogP contribution in [-0.4, -0.2) is 33.3 Å². The highest BCUT2D eigenvalue weighted by Gasteiger charge is 1.98. The molecule has 0 amide bonds.